The summed E-state index contributed by atoms with van der Waals surface area (Å²) in [5.41, 5.74) is 3.15. The van der Waals surface area contributed by atoms with Crippen molar-refractivity contribution in [3.63, 3.8) is 0 Å². The van der Waals surface area contributed by atoms with E-state index in [1.165, 1.54) is 5.56 Å². The lowest BCUT2D eigenvalue weighted by atomic mass is 10.1. The Labute approximate surface area is 120 Å². The molecule has 2 rings (SSSR count). The van der Waals surface area contributed by atoms with Gasteiger partial charge in [0.2, 0.25) is 0 Å². The molecule has 2 nitrogen and oxygen atoms in total. The molecule has 0 unspecified atom stereocenters. The van der Waals surface area contributed by atoms with Gasteiger partial charge in [0.15, 0.2) is 5.78 Å². The van der Waals surface area contributed by atoms with Crippen LogP contribution in [0.25, 0.3) is 0 Å². The van der Waals surface area contributed by atoms with Gasteiger partial charge in [-0.25, -0.2) is 0 Å². The van der Waals surface area contributed by atoms with E-state index in [1.807, 2.05) is 49.4 Å². The first-order chi connectivity index (χ1) is 9.66. The molecule has 0 atom stereocenters. The summed E-state index contributed by atoms with van der Waals surface area (Å²) in [7, 11) is 0. The van der Waals surface area contributed by atoms with E-state index in [9.17, 15) is 4.79 Å². The van der Waals surface area contributed by atoms with Crippen LogP contribution in [0.1, 0.15) is 34.3 Å². The van der Waals surface area contributed by atoms with Crippen LogP contribution in [0.5, 0.6) is 5.75 Å². The van der Waals surface area contributed by atoms with E-state index in [0.717, 1.165) is 23.3 Å². The predicted octanol–water partition coefficient (Wildman–Crippen LogP) is 4.35. The van der Waals surface area contributed by atoms with Crippen molar-refractivity contribution in [3.05, 3.63) is 65.2 Å². The lowest BCUT2D eigenvalue weighted by Crippen LogP contribution is -2.04. The fourth-order valence-electron chi connectivity index (χ4n) is 2.14. The highest BCUT2D eigenvalue weighted by Gasteiger charge is 2.05. The summed E-state index contributed by atoms with van der Waals surface area (Å²) >= 11 is 0. The Morgan fingerprint density at radius 3 is 2.50 bits per heavy atom. The van der Waals surface area contributed by atoms with Crippen molar-refractivity contribution in [1.29, 1.82) is 0 Å². The number of hydrogen-bond acceptors (Lipinski definition) is 2. The van der Waals surface area contributed by atoms with Crippen LogP contribution < -0.4 is 4.74 Å². The zero-order valence-electron chi connectivity index (χ0n) is 12.1. The van der Waals surface area contributed by atoms with E-state index < -0.39 is 0 Å². The minimum atomic E-state index is 0.176. The average Bonchev–Trinajstić information content (AvgIpc) is 2.46. The van der Waals surface area contributed by atoms with E-state index in [0.29, 0.717) is 13.0 Å². The van der Waals surface area contributed by atoms with Crippen molar-refractivity contribution >= 4 is 5.78 Å². The normalized spacial score (nSPS) is 10.3. The third-order valence-electron chi connectivity index (χ3n) is 3.23. The molecule has 0 spiro atoms. The van der Waals surface area contributed by atoms with Crippen LogP contribution in [0.4, 0.5) is 0 Å². The van der Waals surface area contributed by atoms with Crippen LogP contribution in [-0.4, -0.2) is 12.4 Å². The van der Waals surface area contributed by atoms with Crippen LogP contribution in [0, 0.1) is 13.8 Å². The number of hydrogen-bond donors (Lipinski definition) is 0. The van der Waals surface area contributed by atoms with Gasteiger partial charge in [0.25, 0.3) is 0 Å². The first kappa shape index (κ1) is 14.3. The second kappa shape index (κ2) is 6.90. The highest BCUT2D eigenvalue weighted by molar-refractivity contribution is 5.95. The lowest BCUT2D eigenvalue weighted by Gasteiger charge is -2.09. The molecule has 2 aromatic rings. The van der Waals surface area contributed by atoms with Gasteiger partial charge in [0, 0.05) is 12.0 Å². The molecule has 0 saturated carbocycles. The summed E-state index contributed by atoms with van der Waals surface area (Å²) in [6.07, 6.45) is 1.26. The van der Waals surface area contributed by atoms with Crippen LogP contribution >= 0.6 is 0 Å². The van der Waals surface area contributed by atoms with Gasteiger partial charge in [-0.15, -0.1) is 0 Å². The summed E-state index contributed by atoms with van der Waals surface area (Å²) < 4.78 is 5.73. The Bertz CT molecular complexity index is 573. The Morgan fingerprint density at radius 2 is 1.80 bits per heavy atom. The van der Waals surface area contributed by atoms with Gasteiger partial charge in [-0.1, -0.05) is 48.0 Å². The molecule has 0 fully saturated rings. The number of ether oxygens (including phenoxy) is 1. The van der Waals surface area contributed by atoms with E-state index in [1.54, 1.807) is 0 Å². The SMILES string of the molecule is Cc1ccc(OCCCC(=O)c2ccccc2)c(C)c1. The summed E-state index contributed by atoms with van der Waals surface area (Å²) in [5.74, 6) is 1.08. The Kier molecular flexibility index (Phi) is 4.94. The van der Waals surface area contributed by atoms with Crippen molar-refractivity contribution in [2.24, 2.45) is 0 Å². The van der Waals surface area contributed by atoms with Gasteiger partial charge in [-0.2, -0.15) is 0 Å². The van der Waals surface area contributed by atoms with Gasteiger partial charge in [0.1, 0.15) is 5.75 Å². The zero-order chi connectivity index (χ0) is 14.4. The molecule has 0 aliphatic heterocycles. The molecule has 0 aromatic heterocycles. The molecule has 2 aromatic carbocycles. The summed E-state index contributed by atoms with van der Waals surface area (Å²) in [5, 5.41) is 0. The molecular formula is C18H20O2. The molecule has 0 heterocycles. The predicted molar refractivity (Wildman–Crippen MR) is 81.4 cm³/mol. The van der Waals surface area contributed by atoms with Crippen molar-refractivity contribution in [3.8, 4) is 5.75 Å². The van der Waals surface area contributed by atoms with Crippen LogP contribution in [0.15, 0.2) is 48.5 Å². The van der Waals surface area contributed by atoms with Crippen LogP contribution in [0.2, 0.25) is 0 Å². The number of carbonyl (C=O) groups excluding carboxylic acids is 1. The van der Waals surface area contributed by atoms with Crippen LogP contribution in [0.3, 0.4) is 0 Å². The number of carbonyl (C=O) groups is 1. The second-order valence-corrected chi connectivity index (χ2v) is 5.01. The maximum atomic E-state index is 11.9. The van der Waals surface area contributed by atoms with E-state index in [4.69, 9.17) is 4.74 Å². The number of Topliss-reactive ketones (excluding diaryl/α,β-unsaturated/α-hetero) is 1. The molecular weight excluding hydrogens is 248 g/mol. The third-order valence-corrected chi connectivity index (χ3v) is 3.23. The van der Waals surface area contributed by atoms with Crippen LogP contribution in [-0.2, 0) is 0 Å². The molecule has 2 heteroatoms. The van der Waals surface area contributed by atoms with E-state index in [-0.39, 0.29) is 5.78 Å². The first-order valence-corrected chi connectivity index (χ1v) is 6.95. The monoisotopic (exact) mass is 268 g/mol. The molecule has 104 valence electrons. The molecule has 0 saturated heterocycles. The van der Waals surface area contributed by atoms with Crippen molar-refractivity contribution in [2.45, 2.75) is 26.7 Å². The van der Waals surface area contributed by atoms with Gasteiger partial charge < -0.3 is 4.74 Å². The summed E-state index contributed by atoms with van der Waals surface area (Å²) in [6.45, 7) is 4.68. The summed E-state index contributed by atoms with van der Waals surface area (Å²) in [4.78, 5) is 11.9. The molecule has 20 heavy (non-hydrogen) atoms. The van der Waals surface area contributed by atoms with Gasteiger partial charge in [0.05, 0.1) is 6.61 Å². The Morgan fingerprint density at radius 1 is 1.05 bits per heavy atom. The maximum absolute atomic E-state index is 11.9. The van der Waals surface area contributed by atoms with Crippen molar-refractivity contribution in [2.75, 3.05) is 6.61 Å². The Balaban J connectivity index is 1.78. The first-order valence-electron chi connectivity index (χ1n) is 6.95. The average molecular weight is 268 g/mol. The molecule has 0 N–H and O–H groups in total. The molecule has 0 radical (unpaired) electrons. The number of ketones is 1. The maximum Gasteiger partial charge on any atom is 0.163 e. The molecule has 0 aliphatic rings. The fourth-order valence-corrected chi connectivity index (χ4v) is 2.14. The lowest BCUT2D eigenvalue weighted by molar-refractivity contribution is 0.0973. The molecule has 0 bridgehead atoms. The minimum Gasteiger partial charge on any atom is -0.493 e. The Hall–Kier alpha value is -2.09. The smallest absolute Gasteiger partial charge is 0.163 e. The number of aryl methyl sites for hydroxylation is 2. The third kappa shape index (κ3) is 3.95. The number of rotatable bonds is 6. The largest absolute Gasteiger partial charge is 0.493 e. The standard InChI is InChI=1S/C18H20O2/c1-14-10-11-18(15(2)13-14)20-12-6-9-17(19)16-7-4-3-5-8-16/h3-5,7-8,10-11,13H,6,9,12H2,1-2H3. The fraction of sp³-hybridized carbons (Fsp3) is 0.278. The van der Waals surface area contributed by atoms with Gasteiger partial charge in [-0.05, 0) is 31.9 Å². The quantitative estimate of drug-likeness (QED) is 0.575. The summed E-state index contributed by atoms with van der Waals surface area (Å²) in [6, 6.07) is 15.5. The molecule has 0 aliphatic carbocycles. The van der Waals surface area contributed by atoms with E-state index in [2.05, 4.69) is 13.0 Å². The highest BCUT2D eigenvalue weighted by Crippen LogP contribution is 2.19. The van der Waals surface area contributed by atoms with E-state index >= 15 is 0 Å². The van der Waals surface area contributed by atoms with Crippen molar-refractivity contribution < 1.29 is 9.53 Å². The highest BCUT2D eigenvalue weighted by atomic mass is 16.5. The van der Waals surface area contributed by atoms with Crippen molar-refractivity contribution in [1.82, 2.24) is 0 Å². The minimum absolute atomic E-state index is 0.176. The van der Waals surface area contributed by atoms with Gasteiger partial charge >= 0.3 is 0 Å². The topological polar surface area (TPSA) is 26.3 Å². The second-order valence-electron chi connectivity index (χ2n) is 5.01. The van der Waals surface area contributed by atoms with Gasteiger partial charge in [-0.3, -0.25) is 4.79 Å². The number of benzene rings is 2. The zero-order valence-corrected chi connectivity index (χ0v) is 12.1. The molecule has 0 amide bonds.